The second-order valence-corrected chi connectivity index (χ2v) is 4.85. The third-order valence-corrected chi connectivity index (χ3v) is 3.37. The lowest BCUT2D eigenvalue weighted by molar-refractivity contribution is -0.00312. The van der Waals surface area contributed by atoms with E-state index in [9.17, 15) is 4.79 Å². The van der Waals surface area contributed by atoms with Crippen LogP contribution in [0.2, 0.25) is 0 Å². The molecule has 0 spiro atoms. The SMILES string of the molecule is CCCNc1cncc(C(=O)N2CCOCC2CC)n1. The molecule has 2 rings (SSSR count). The first-order valence-electron chi connectivity index (χ1n) is 7.20. The fourth-order valence-corrected chi connectivity index (χ4v) is 2.21. The minimum atomic E-state index is -0.0622. The topological polar surface area (TPSA) is 67.4 Å². The highest BCUT2D eigenvalue weighted by atomic mass is 16.5. The van der Waals surface area contributed by atoms with E-state index in [1.165, 1.54) is 6.20 Å². The molecule has 1 fully saturated rings. The summed E-state index contributed by atoms with van der Waals surface area (Å²) in [5.74, 6) is 0.590. The standard InChI is InChI=1S/C14H22N4O2/c1-3-5-16-13-9-15-8-12(17-13)14(19)18-6-7-20-10-11(18)4-2/h8-9,11H,3-7,10H2,1-2H3,(H,16,17). The third-order valence-electron chi connectivity index (χ3n) is 3.37. The molecule has 1 N–H and O–H groups in total. The molecule has 1 unspecified atom stereocenters. The Balaban J connectivity index is 2.11. The highest BCUT2D eigenvalue weighted by Crippen LogP contribution is 2.14. The summed E-state index contributed by atoms with van der Waals surface area (Å²) in [6, 6.07) is 0.130. The van der Waals surface area contributed by atoms with Crippen LogP contribution in [-0.4, -0.2) is 53.1 Å². The van der Waals surface area contributed by atoms with Gasteiger partial charge in [0.15, 0.2) is 0 Å². The molecule has 0 aliphatic carbocycles. The predicted octanol–water partition coefficient (Wildman–Crippen LogP) is 1.55. The second-order valence-electron chi connectivity index (χ2n) is 4.85. The summed E-state index contributed by atoms with van der Waals surface area (Å²) >= 11 is 0. The molecule has 0 bridgehead atoms. The summed E-state index contributed by atoms with van der Waals surface area (Å²) in [5, 5.41) is 3.15. The van der Waals surface area contributed by atoms with E-state index in [4.69, 9.17) is 4.74 Å². The lowest BCUT2D eigenvalue weighted by Crippen LogP contribution is -2.48. The van der Waals surface area contributed by atoms with E-state index in [0.29, 0.717) is 31.3 Å². The van der Waals surface area contributed by atoms with Gasteiger partial charge in [-0.15, -0.1) is 0 Å². The molecule has 1 aromatic rings. The molecule has 2 heterocycles. The summed E-state index contributed by atoms with van der Waals surface area (Å²) in [5.41, 5.74) is 0.395. The average molecular weight is 278 g/mol. The Morgan fingerprint density at radius 2 is 2.35 bits per heavy atom. The van der Waals surface area contributed by atoms with E-state index < -0.39 is 0 Å². The van der Waals surface area contributed by atoms with Crippen molar-refractivity contribution in [3.05, 3.63) is 18.1 Å². The molecule has 110 valence electrons. The zero-order valence-electron chi connectivity index (χ0n) is 12.1. The van der Waals surface area contributed by atoms with Crippen LogP contribution in [0.25, 0.3) is 0 Å². The number of hydrogen-bond donors (Lipinski definition) is 1. The molecule has 1 atom stereocenters. The van der Waals surface area contributed by atoms with Gasteiger partial charge in [0, 0.05) is 13.1 Å². The molecule has 6 nitrogen and oxygen atoms in total. The van der Waals surface area contributed by atoms with E-state index in [0.717, 1.165) is 19.4 Å². The molecule has 1 aliphatic heterocycles. The van der Waals surface area contributed by atoms with Gasteiger partial charge in [-0.25, -0.2) is 4.98 Å². The number of carbonyl (C=O) groups excluding carboxylic acids is 1. The second kappa shape index (κ2) is 7.19. The predicted molar refractivity (Wildman–Crippen MR) is 76.7 cm³/mol. The van der Waals surface area contributed by atoms with Crippen LogP contribution in [0.5, 0.6) is 0 Å². The zero-order valence-corrected chi connectivity index (χ0v) is 12.1. The van der Waals surface area contributed by atoms with Crippen LogP contribution in [0.1, 0.15) is 37.2 Å². The molecule has 6 heteroatoms. The number of hydrogen-bond acceptors (Lipinski definition) is 5. The van der Waals surface area contributed by atoms with Gasteiger partial charge >= 0.3 is 0 Å². The van der Waals surface area contributed by atoms with E-state index in [1.807, 2.05) is 4.90 Å². The lowest BCUT2D eigenvalue weighted by atomic mass is 10.1. The van der Waals surface area contributed by atoms with Crippen LogP contribution < -0.4 is 5.32 Å². The first kappa shape index (κ1) is 14.7. The fraction of sp³-hybridized carbons (Fsp3) is 0.643. The van der Waals surface area contributed by atoms with Crippen molar-refractivity contribution < 1.29 is 9.53 Å². The van der Waals surface area contributed by atoms with Crippen molar-refractivity contribution in [1.82, 2.24) is 14.9 Å². The molecular formula is C14H22N4O2. The van der Waals surface area contributed by atoms with Crippen LogP contribution in [0.4, 0.5) is 5.82 Å². The van der Waals surface area contributed by atoms with Crippen molar-refractivity contribution >= 4 is 11.7 Å². The smallest absolute Gasteiger partial charge is 0.274 e. The van der Waals surface area contributed by atoms with E-state index in [1.54, 1.807) is 6.20 Å². The van der Waals surface area contributed by atoms with Gasteiger partial charge in [-0.05, 0) is 12.8 Å². The molecule has 1 aromatic heterocycles. The van der Waals surface area contributed by atoms with Gasteiger partial charge in [0.25, 0.3) is 5.91 Å². The van der Waals surface area contributed by atoms with Crippen molar-refractivity contribution in [3.63, 3.8) is 0 Å². The number of anilines is 1. The molecular weight excluding hydrogens is 256 g/mol. The van der Waals surface area contributed by atoms with Gasteiger partial charge in [0.1, 0.15) is 11.5 Å². The van der Waals surface area contributed by atoms with E-state index >= 15 is 0 Å². The first-order valence-corrected chi connectivity index (χ1v) is 7.20. The summed E-state index contributed by atoms with van der Waals surface area (Å²) in [4.78, 5) is 22.8. The van der Waals surface area contributed by atoms with E-state index in [2.05, 4.69) is 29.1 Å². The Morgan fingerprint density at radius 3 is 3.10 bits per heavy atom. The average Bonchev–Trinajstić information content (AvgIpc) is 2.52. The van der Waals surface area contributed by atoms with Crippen LogP contribution in [0.3, 0.4) is 0 Å². The molecule has 0 saturated carbocycles. The van der Waals surface area contributed by atoms with Crippen molar-refractivity contribution in [1.29, 1.82) is 0 Å². The zero-order chi connectivity index (χ0) is 14.4. The van der Waals surface area contributed by atoms with Crippen molar-refractivity contribution in [2.45, 2.75) is 32.7 Å². The van der Waals surface area contributed by atoms with Gasteiger partial charge in [0.05, 0.1) is 31.6 Å². The molecule has 1 amide bonds. The minimum Gasteiger partial charge on any atom is -0.377 e. The van der Waals surface area contributed by atoms with Crippen molar-refractivity contribution in [3.8, 4) is 0 Å². The van der Waals surface area contributed by atoms with Gasteiger partial charge in [-0.1, -0.05) is 13.8 Å². The summed E-state index contributed by atoms with van der Waals surface area (Å²) in [7, 11) is 0. The summed E-state index contributed by atoms with van der Waals surface area (Å²) in [6.07, 6.45) is 5.05. The minimum absolute atomic E-state index is 0.0622. The number of aromatic nitrogens is 2. The number of rotatable bonds is 5. The van der Waals surface area contributed by atoms with Crippen LogP contribution in [-0.2, 0) is 4.74 Å². The molecule has 1 aliphatic rings. The Labute approximate surface area is 119 Å². The lowest BCUT2D eigenvalue weighted by Gasteiger charge is -2.34. The summed E-state index contributed by atoms with van der Waals surface area (Å²) in [6.45, 7) is 6.76. The maximum atomic E-state index is 12.5. The van der Waals surface area contributed by atoms with Crippen LogP contribution in [0.15, 0.2) is 12.4 Å². The highest BCUT2D eigenvalue weighted by molar-refractivity contribution is 5.92. The number of amides is 1. The molecule has 0 radical (unpaired) electrons. The van der Waals surface area contributed by atoms with Gasteiger partial charge in [-0.3, -0.25) is 9.78 Å². The van der Waals surface area contributed by atoms with Gasteiger partial charge in [0.2, 0.25) is 0 Å². The summed E-state index contributed by atoms with van der Waals surface area (Å²) < 4.78 is 5.42. The number of nitrogens with one attached hydrogen (secondary N) is 1. The Kier molecular flexibility index (Phi) is 5.29. The first-order chi connectivity index (χ1) is 9.76. The normalized spacial score (nSPS) is 18.9. The van der Waals surface area contributed by atoms with Gasteiger partial charge < -0.3 is 15.0 Å². The molecule has 20 heavy (non-hydrogen) atoms. The third kappa shape index (κ3) is 3.45. The van der Waals surface area contributed by atoms with Crippen LogP contribution in [0, 0.1) is 0 Å². The molecule has 1 saturated heterocycles. The van der Waals surface area contributed by atoms with Crippen molar-refractivity contribution in [2.75, 3.05) is 31.6 Å². The van der Waals surface area contributed by atoms with Crippen molar-refractivity contribution in [2.24, 2.45) is 0 Å². The van der Waals surface area contributed by atoms with Crippen LogP contribution >= 0.6 is 0 Å². The fourth-order valence-electron chi connectivity index (χ4n) is 2.21. The number of nitrogens with zero attached hydrogens (tertiary/aromatic N) is 3. The quantitative estimate of drug-likeness (QED) is 0.885. The molecule has 0 aromatic carbocycles. The highest BCUT2D eigenvalue weighted by Gasteiger charge is 2.27. The number of ether oxygens (including phenoxy) is 1. The Bertz CT molecular complexity index is 453. The Hall–Kier alpha value is -1.69. The monoisotopic (exact) mass is 278 g/mol. The largest absolute Gasteiger partial charge is 0.377 e. The van der Waals surface area contributed by atoms with E-state index in [-0.39, 0.29) is 11.9 Å². The van der Waals surface area contributed by atoms with Gasteiger partial charge in [-0.2, -0.15) is 0 Å². The maximum absolute atomic E-state index is 12.5. The Morgan fingerprint density at radius 1 is 1.50 bits per heavy atom. The maximum Gasteiger partial charge on any atom is 0.274 e. The number of carbonyl (C=O) groups is 1. The number of morpholine rings is 1.